The van der Waals surface area contributed by atoms with E-state index in [9.17, 15) is 4.79 Å². The lowest BCUT2D eigenvalue weighted by molar-refractivity contribution is 0.0718. The first-order valence-corrected chi connectivity index (χ1v) is 7.72. The number of rotatable bonds is 2. The number of amides is 1. The van der Waals surface area contributed by atoms with Crippen LogP contribution in [0.4, 0.5) is 5.82 Å². The smallest absolute Gasteiger partial charge is 0.272 e. The number of piperidine rings is 1. The molecule has 6 nitrogen and oxygen atoms in total. The van der Waals surface area contributed by atoms with Gasteiger partial charge in [-0.3, -0.25) is 4.79 Å². The number of aromatic nitrogens is 2. The molecule has 0 N–H and O–H groups in total. The zero-order valence-electron chi connectivity index (χ0n) is 12.5. The van der Waals surface area contributed by atoms with E-state index < -0.39 is 0 Å². The zero-order chi connectivity index (χ0) is 14.7. The Kier molecular flexibility index (Phi) is 4.34. The summed E-state index contributed by atoms with van der Waals surface area (Å²) in [5.74, 6) is 1.53. The number of ether oxygens (including phenoxy) is 1. The molecular weight excluding hydrogens is 268 g/mol. The molecule has 2 aliphatic rings. The van der Waals surface area contributed by atoms with E-state index in [-0.39, 0.29) is 5.91 Å². The Morgan fingerprint density at radius 3 is 2.52 bits per heavy atom. The molecule has 3 rings (SSSR count). The van der Waals surface area contributed by atoms with Crippen molar-refractivity contribution in [3.63, 3.8) is 0 Å². The van der Waals surface area contributed by atoms with Crippen molar-refractivity contribution in [1.82, 2.24) is 14.9 Å². The highest BCUT2D eigenvalue weighted by molar-refractivity contribution is 5.93. The van der Waals surface area contributed by atoms with Crippen LogP contribution in [0.1, 0.15) is 35.6 Å². The molecule has 1 aromatic rings. The summed E-state index contributed by atoms with van der Waals surface area (Å²) in [6.45, 7) is 6.57. The van der Waals surface area contributed by atoms with Crippen LogP contribution < -0.4 is 4.90 Å². The largest absolute Gasteiger partial charge is 0.378 e. The SMILES string of the molecule is Cc1nc(C(=O)N2CCCCC2)cc(N2CCOCC2)n1. The maximum absolute atomic E-state index is 12.6. The van der Waals surface area contributed by atoms with Crippen LogP contribution in [-0.2, 0) is 4.74 Å². The second kappa shape index (κ2) is 6.39. The van der Waals surface area contributed by atoms with Crippen LogP contribution >= 0.6 is 0 Å². The lowest BCUT2D eigenvalue weighted by Gasteiger charge is -2.29. The van der Waals surface area contributed by atoms with Crippen LogP contribution in [0.5, 0.6) is 0 Å². The van der Waals surface area contributed by atoms with Crippen molar-refractivity contribution >= 4 is 11.7 Å². The molecule has 2 saturated heterocycles. The molecule has 0 bridgehead atoms. The Labute approximate surface area is 125 Å². The van der Waals surface area contributed by atoms with Crippen molar-refractivity contribution in [3.8, 4) is 0 Å². The first-order chi connectivity index (χ1) is 10.2. The quantitative estimate of drug-likeness (QED) is 0.820. The molecule has 0 aliphatic carbocycles. The maximum Gasteiger partial charge on any atom is 0.272 e. The summed E-state index contributed by atoms with van der Waals surface area (Å²) < 4.78 is 5.36. The van der Waals surface area contributed by atoms with E-state index in [1.165, 1.54) is 6.42 Å². The number of carbonyl (C=O) groups is 1. The number of likely N-dealkylation sites (tertiary alicyclic amines) is 1. The van der Waals surface area contributed by atoms with Crippen LogP contribution in [0.3, 0.4) is 0 Å². The van der Waals surface area contributed by atoms with Crippen molar-refractivity contribution in [1.29, 1.82) is 0 Å². The minimum Gasteiger partial charge on any atom is -0.378 e. The summed E-state index contributed by atoms with van der Waals surface area (Å²) in [6.07, 6.45) is 3.39. The van der Waals surface area contributed by atoms with Gasteiger partial charge in [0.1, 0.15) is 17.3 Å². The van der Waals surface area contributed by atoms with E-state index in [2.05, 4.69) is 14.9 Å². The summed E-state index contributed by atoms with van der Waals surface area (Å²) in [7, 11) is 0. The van der Waals surface area contributed by atoms with Crippen molar-refractivity contribution in [2.45, 2.75) is 26.2 Å². The third-order valence-corrected chi connectivity index (χ3v) is 4.02. The molecule has 0 unspecified atom stereocenters. The summed E-state index contributed by atoms with van der Waals surface area (Å²) in [4.78, 5) is 25.5. The van der Waals surface area contributed by atoms with Crippen molar-refractivity contribution in [3.05, 3.63) is 17.6 Å². The van der Waals surface area contributed by atoms with Gasteiger partial charge >= 0.3 is 0 Å². The Hall–Kier alpha value is -1.69. The van der Waals surface area contributed by atoms with Crippen molar-refractivity contribution in [2.75, 3.05) is 44.3 Å². The van der Waals surface area contributed by atoms with Crippen LogP contribution in [0.25, 0.3) is 0 Å². The fourth-order valence-electron chi connectivity index (χ4n) is 2.87. The second-order valence-corrected chi connectivity index (χ2v) is 5.61. The number of morpholine rings is 1. The molecule has 0 atom stereocenters. The summed E-state index contributed by atoms with van der Waals surface area (Å²) in [5, 5.41) is 0. The molecule has 6 heteroatoms. The third-order valence-electron chi connectivity index (χ3n) is 4.02. The number of carbonyl (C=O) groups excluding carboxylic acids is 1. The molecule has 21 heavy (non-hydrogen) atoms. The Bertz CT molecular complexity index is 508. The van der Waals surface area contributed by atoms with Gasteiger partial charge in [0, 0.05) is 32.2 Å². The molecular formula is C15H22N4O2. The molecule has 1 aromatic heterocycles. The van der Waals surface area contributed by atoms with Crippen LogP contribution in [0, 0.1) is 6.92 Å². The predicted octanol–water partition coefficient (Wildman–Crippen LogP) is 1.25. The van der Waals surface area contributed by atoms with Gasteiger partial charge < -0.3 is 14.5 Å². The summed E-state index contributed by atoms with van der Waals surface area (Å²) >= 11 is 0. The van der Waals surface area contributed by atoms with Crippen LogP contribution in [-0.4, -0.2) is 60.2 Å². The molecule has 2 aliphatic heterocycles. The fraction of sp³-hybridized carbons (Fsp3) is 0.667. The van der Waals surface area contributed by atoms with Crippen LogP contribution in [0.15, 0.2) is 6.07 Å². The second-order valence-electron chi connectivity index (χ2n) is 5.61. The van der Waals surface area contributed by atoms with E-state index in [0.29, 0.717) is 24.7 Å². The predicted molar refractivity (Wildman–Crippen MR) is 79.6 cm³/mol. The normalized spacial score (nSPS) is 19.7. The number of anilines is 1. The van der Waals surface area contributed by atoms with Crippen molar-refractivity contribution in [2.24, 2.45) is 0 Å². The molecule has 114 valence electrons. The van der Waals surface area contributed by atoms with Gasteiger partial charge in [-0.2, -0.15) is 0 Å². The number of hydrogen-bond donors (Lipinski definition) is 0. The first kappa shape index (κ1) is 14.3. The third kappa shape index (κ3) is 3.32. The van der Waals surface area contributed by atoms with Crippen LogP contribution in [0.2, 0.25) is 0 Å². The van der Waals surface area contributed by atoms with Gasteiger partial charge in [-0.1, -0.05) is 0 Å². The van der Waals surface area contributed by atoms with E-state index >= 15 is 0 Å². The zero-order valence-corrected chi connectivity index (χ0v) is 12.5. The fourth-order valence-corrected chi connectivity index (χ4v) is 2.87. The highest BCUT2D eigenvalue weighted by Gasteiger charge is 2.22. The lowest BCUT2D eigenvalue weighted by atomic mass is 10.1. The maximum atomic E-state index is 12.6. The van der Waals surface area contributed by atoms with Gasteiger partial charge in [0.05, 0.1) is 13.2 Å². The molecule has 0 radical (unpaired) electrons. The average Bonchev–Trinajstić information content (AvgIpc) is 2.55. The molecule has 1 amide bonds. The Morgan fingerprint density at radius 1 is 1.10 bits per heavy atom. The van der Waals surface area contributed by atoms with E-state index in [4.69, 9.17) is 4.74 Å². The number of nitrogens with zero attached hydrogens (tertiary/aromatic N) is 4. The first-order valence-electron chi connectivity index (χ1n) is 7.72. The van der Waals surface area contributed by atoms with Gasteiger partial charge in [0.25, 0.3) is 5.91 Å². The molecule has 0 spiro atoms. The number of hydrogen-bond acceptors (Lipinski definition) is 5. The lowest BCUT2D eigenvalue weighted by Crippen LogP contribution is -2.38. The topological polar surface area (TPSA) is 58.6 Å². The molecule has 0 saturated carbocycles. The monoisotopic (exact) mass is 290 g/mol. The highest BCUT2D eigenvalue weighted by Crippen LogP contribution is 2.17. The Morgan fingerprint density at radius 2 is 1.81 bits per heavy atom. The summed E-state index contributed by atoms with van der Waals surface area (Å²) in [5.41, 5.74) is 0.519. The van der Waals surface area contributed by atoms with E-state index in [1.54, 1.807) is 0 Å². The minimum absolute atomic E-state index is 0.0368. The summed E-state index contributed by atoms with van der Waals surface area (Å²) in [6, 6.07) is 1.83. The average molecular weight is 290 g/mol. The van der Waals surface area contributed by atoms with Gasteiger partial charge in [-0.25, -0.2) is 9.97 Å². The van der Waals surface area contributed by atoms with E-state index in [1.807, 2.05) is 17.9 Å². The Balaban J connectivity index is 1.81. The van der Waals surface area contributed by atoms with Crippen molar-refractivity contribution < 1.29 is 9.53 Å². The van der Waals surface area contributed by atoms with Gasteiger partial charge in [0.15, 0.2) is 0 Å². The minimum atomic E-state index is 0.0368. The highest BCUT2D eigenvalue weighted by atomic mass is 16.5. The van der Waals surface area contributed by atoms with Gasteiger partial charge in [-0.15, -0.1) is 0 Å². The molecule has 2 fully saturated rings. The van der Waals surface area contributed by atoms with E-state index in [0.717, 1.165) is 44.8 Å². The molecule has 3 heterocycles. The standard InChI is InChI=1S/C15H22N4O2/c1-12-16-13(15(20)19-5-3-2-4-6-19)11-14(17-12)18-7-9-21-10-8-18/h11H,2-10H2,1H3. The number of aryl methyl sites for hydroxylation is 1. The van der Waals surface area contributed by atoms with Gasteiger partial charge in [0.2, 0.25) is 0 Å². The van der Waals surface area contributed by atoms with Gasteiger partial charge in [-0.05, 0) is 26.2 Å². The molecule has 0 aromatic carbocycles.